The van der Waals surface area contributed by atoms with Crippen LogP contribution >= 0.6 is 28.6 Å². The van der Waals surface area contributed by atoms with Gasteiger partial charge in [0, 0.05) is 10.5 Å². The average molecular weight is 223 g/mol. The number of thiol groups is 1. The van der Waals surface area contributed by atoms with Gasteiger partial charge in [0.2, 0.25) is 0 Å². The third kappa shape index (κ3) is 1.44. The van der Waals surface area contributed by atoms with Crippen LogP contribution in [0.25, 0.3) is 0 Å². The van der Waals surface area contributed by atoms with Crippen molar-refractivity contribution in [2.45, 2.75) is 4.90 Å². The fourth-order valence-electron chi connectivity index (χ4n) is 0.552. The van der Waals surface area contributed by atoms with Crippen molar-refractivity contribution in [2.24, 2.45) is 0 Å². The predicted octanol–water partition coefficient (Wildman–Crippen LogP) is 2.58. The van der Waals surface area contributed by atoms with Crippen LogP contribution in [-0.2, 0) is 0 Å². The van der Waals surface area contributed by atoms with Crippen molar-refractivity contribution in [1.82, 2.24) is 0 Å². The topological polar surface area (TPSA) is 20.2 Å². The molecule has 0 heterocycles. The zero-order valence-corrected chi connectivity index (χ0v) is 7.29. The third-order valence-corrected chi connectivity index (χ3v) is 2.41. The summed E-state index contributed by atoms with van der Waals surface area (Å²) in [6.45, 7) is 0. The van der Waals surface area contributed by atoms with Gasteiger partial charge >= 0.3 is 0 Å². The first-order valence-electron chi connectivity index (χ1n) is 2.48. The Morgan fingerprint density at radius 2 is 2.10 bits per heavy atom. The van der Waals surface area contributed by atoms with Crippen molar-refractivity contribution in [2.75, 3.05) is 0 Å². The maximum absolute atomic E-state index is 12.4. The zero-order valence-electron chi connectivity index (χ0n) is 4.81. The summed E-state index contributed by atoms with van der Waals surface area (Å²) in [5.74, 6) is -0.641. The van der Waals surface area contributed by atoms with E-state index in [-0.39, 0.29) is 5.75 Å². The van der Waals surface area contributed by atoms with Crippen LogP contribution in [0.2, 0.25) is 0 Å². The Morgan fingerprint density at radius 1 is 1.50 bits per heavy atom. The van der Waals surface area contributed by atoms with E-state index in [1.807, 2.05) is 0 Å². The molecule has 0 aliphatic rings. The minimum atomic E-state index is -0.484. The molecule has 10 heavy (non-hydrogen) atoms. The Labute approximate surface area is 71.4 Å². The summed E-state index contributed by atoms with van der Waals surface area (Å²) in [6, 6.07) is 2.25. The van der Waals surface area contributed by atoms with Gasteiger partial charge in [-0.15, -0.1) is 12.6 Å². The first-order chi connectivity index (χ1) is 4.61. The van der Waals surface area contributed by atoms with Crippen LogP contribution in [0.4, 0.5) is 4.39 Å². The summed E-state index contributed by atoms with van der Waals surface area (Å²) in [5, 5.41) is 8.93. The molecular formula is C6H4BrFOS. The van der Waals surface area contributed by atoms with Gasteiger partial charge in [-0.3, -0.25) is 0 Å². The molecule has 0 unspecified atom stereocenters. The number of halogens is 2. The minimum absolute atomic E-state index is 0.157. The molecule has 0 radical (unpaired) electrons. The maximum Gasteiger partial charge on any atom is 0.132 e. The van der Waals surface area contributed by atoms with Gasteiger partial charge in [0.25, 0.3) is 0 Å². The smallest absolute Gasteiger partial charge is 0.132 e. The molecule has 0 aliphatic heterocycles. The summed E-state index contributed by atoms with van der Waals surface area (Å²) >= 11 is 6.92. The molecule has 0 aliphatic carbocycles. The SMILES string of the molecule is Oc1cc(F)cc(Br)c1S. The highest BCUT2D eigenvalue weighted by atomic mass is 79.9. The standard InChI is InChI=1S/C6H4BrFOS/c7-4-1-3(8)2-5(9)6(4)10/h1-2,9-10H. The van der Waals surface area contributed by atoms with Crippen molar-refractivity contribution in [3.63, 3.8) is 0 Å². The molecule has 1 N–H and O–H groups in total. The monoisotopic (exact) mass is 222 g/mol. The fraction of sp³-hybridized carbons (Fsp3) is 0. The molecule has 0 bridgehead atoms. The zero-order chi connectivity index (χ0) is 7.72. The van der Waals surface area contributed by atoms with Gasteiger partial charge in [0.15, 0.2) is 0 Å². The summed E-state index contributed by atoms with van der Waals surface area (Å²) in [7, 11) is 0. The van der Waals surface area contributed by atoms with Crippen molar-refractivity contribution in [3.05, 3.63) is 22.4 Å². The van der Waals surface area contributed by atoms with Gasteiger partial charge in [0.1, 0.15) is 11.6 Å². The molecule has 0 atom stereocenters. The van der Waals surface area contributed by atoms with E-state index in [0.717, 1.165) is 6.07 Å². The molecular weight excluding hydrogens is 219 g/mol. The molecule has 0 saturated heterocycles. The normalized spacial score (nSPS) is 9.90. The molecule has 1 aromatic rings. The van der Waals surface area contributed by atoms with Crippen LogP contribution in [-0.4, -0.2) is 5.11 Å². The number of phenols is 1. The van der Waals surface area contributed by atoms with E-state index in [1.54, 1.807) is 0 Å². The lowest BCUT2D eigenvalue weighted by Gasteiger charge is -1.99. The van der Waals surface area contributed by atoms with Gasteiger partial charge in [-0.05, 0) is 22.0 Å². The Bertz CT molecular complexity index is 241. The summed E-state index contributed by atoms with van der Waals surface area (Å²) in [4.78, 5) is 0.349. The van der Waals surface area contributed by atoms with Crippen molar-refractivity contribution in [1.29, 1.82) is 0 Å². The number of hydrogen-bond donors (Lipinski definition) is 2. The van der Waals surface area contributed by atoms with E-state index < -0.39 is 5.82 Å². The maximum atomic E-state index is 12.4. The average Bonchev–Trinajstić information content (AvgIpc) is 1.82. The van der Waals surface area contributed by atoms with Gasteiger partial charge < -0.3 is 5.11 Å². The number of aromatic hydroxyl groups is 1. The highest BCUT2D eigenvalue weighted by molar-refractivity contribution is 9.10. The van der Waals surface area contributed by atoms with E-state index >= 15 is 0 Å². The van der Waals surface area contributed by atoms with Gasteiger partial charge in [0.05, 0.1) is 4.90 Å². The molecule has 1 rings (SSSR count). The highest BCUT2D eigenvalue weighted by Gasteiger charge is 2.03. The van der Waals surface area contributed by atoms with E-state index in [0.29, 0.717) is 9.37 Å². The Hall–Kier alpha value is -0.220. The second-order valence-electron chi connectivity index (χ2n) is 1.76. The number of phenolic OH excluding ortho intramolecular Hbond substituents is 1. The second-order valence-corrected chi connectivity index (χ2v) is 3.06. The summed E-state index contributed by atoms with van der Waals surface area (Å²) in [6.07, 6.45) is 0. The highest BCUT2D eigenvalue weighted by Crippen LogP contribution is 2.30. The Balaban J connectivity index is 3.31. The fourth-order valence-corrected chi connectivity index (χ4v) is 1.10. The first kappa shape index (κ1) is 7.88. The minimum Gasteiger partial charge on any atom is -0.507 e. The van der Waals surface area contributed by atoms with Gasteiger partial charge in [-0.25, -0.2) is 4.39 Å². The lowest BCUT2D eigenvalue weighted by molar-refractivity contribution is 0.455. The van der Waals surface area contributed by atoms with Crippen LogP contribution < -0.4 is 0 Å². The lowest BCUT2D eigenvalue weighted by atomic mass is 10.3. The van der Waals surface area contributed by atoms with E-state index in [9.17, 15) is 4.39 Å². The molecule has 0 saturated carbocycles. The summed E-state index contributed by atoms with van der Waals surface area (Å²) < 4.78 is 12.8. The largest absolute Gasteiger partial charge is 0.507 e. The van der Waals surface area contributed by atoms with E-state index in [1.165, 1.54) is 6.07 Å². The molecule has 4 heteroatoms. The number of hydrogen-bond acceptors (Lipinski definition) is 2. The van der Waals surface area contributed by atoms with Crippen LogP contribution in [0.5, 0.6) is 5.75 Å². The van der Waals surface area contributed by atoms with Crippen molar-refractivity contribution in [3.8, 4) is 5.75 Å². The first-order valence-corrected chi connectivity index (χ1v) is 3.72. The van der Waals surface area contributed by atoms with Crippen LogP contribution in [0.15, 0.2) is 21.5 Å². The number of rotatable bonds is 0. The van der Waals surface area contributed by atoms with Crippen molar-refractivity contribution >= 4 is 28.6 Å². The molecule has 0 spiro atoms. The molecule has 0 fully saturated rings. The molecule has 0 amide bonds. The van der Waals surface area contributed by atoms with Gasteiger partial charge in [-0.1, -0.05) is 0 Å². The summed E-state index contributed by atoms with van der Waals surface area (Å²) in [5.41, 5.74) is 0. The Morgan fingerprint density at radius 3 is 2.60 bits per heavy atom. The van der Waals surface area contributed by atoms with Gasteiger partial charge in [-0.2, -0.15) is 0 Å². The van der Waals surface area contributed by atoms with E-state index in [2.05, 4.69) is 28.6 Å². The van der Waals surface area contributed by atoms with Crippen LogP contribution in [0, 0.1) is 5.82 Å². The molecule has 1 aromatic carbocycles. The third-order valence-electron chi connectivity index (χ3n) is 1.01. The quantitative estimate of drug-likeness (QED) is 0.647. The van der Waals surface area contributed by atoms with Crippen molar-refractivity contribution < 1.29 is 9.50 Å². The lowest BCUT2D eigenvalue weighted by Crippen LogP contribution is -1.76. The van der Waals surface area contributed by atoms with E-state index in [4.69, 9.17) is 5.11 Å². The second kappa shape index (κ2) is 2.80. The Kier molecular flexibility index (Phi) is 2.21. The van der Waals surface area contributed by atoms with Crippen LogP contribution in [0.3, 0.4) is 0 Å². The molecule has 54 valence electrons. The molecule has 1 nitrogen and oxygen atoms in total. The number of benzene rings is 1. The van der Waals surface area contributed by atoms with Crippen LogP contribution in [0.1, 0.15) is 0 Å². The predicted molar refractivity (Wildman–Crippen MR) is 43.0 cm³/mol. The molecule has 0 aromatic heterocycles.